The van der Waals surface area contributed by atoms with E-state index in [1.54, 1.807) is 12.1 Å². The van der Waals surface area contributed by atoms with Gasteiger partial charge in [-0.05, 0) is 42.8 Å². The Labute approximate surface area is 132 Å². The van der Waals surface area contributed by atoms with Crippen molar-refractivity contribution in [1.29, 1.82) is 0 Å². The first-order valence-electron chi connectivity index (χ1n) is 6.40. The van der Waals surface area contributed by atoms with Gasteiger partial charge < -0.3 is 9.84 Å². The Hall–Kier alpha value is -2.05. The van der Waals surface area contributed by atoms with E-state index in [0.717, 1.165) is 0 Å². The maximum Gasteiger partial charge on any atom is 0.310 e. The highest BCUT2D eigenvalue weighted by Gasteiger charge is 2.32. The fourth-order valence-electron chi connectivity index (χ4n) is 2.24. The highest BCUT2D eigenvalue weighted by atomic mass is 35.5. The summed E-state index contributed by atoms with van der Waals surface area (Å²) in [5.41, 5.74) is 0.393. The lowest BCUT2D eigenvalue weighted by atomic mass is 10.0. The molecule has 0 aliphatic carbocycles. The molecule has 0 aromatic heterocycles. The van der Waals surface area contributed by atoms with Crippen LogP contribution in [0, 0.1) is 0 Å². The van der Waals surface area contributed by atoms with Crippen LogP contribution in [0.15, 0.2) is 46.2 Å². The van der Waals surface area contributed by atoms with Gasteiger partial charge in [0.15, 0.2) is 0 Å². The second-order valence-corrected chi connectivity index (χ2v) is 7.29. The van der Waals surface area contributed by atoms with Crippen molar-refractivity contribution < 1.29 is 23.1 Å². The van der Waals surface area contributed by atoms with Gasteiger partial charge in [0.2, 0.25) is 9.84 Å². The first-order chi connectivity index (χ1) is 10.3. The molecule has 0 spiro atoms. The lowest BCUT2D eigenvalue weighted by Crippen LogP contribution is -2.13. The minimum Gasteiger partial charge on any atom is -0.481 e. The van der Waals surface area contributed by atoms with Gasteiger partial charge >= 0.3 is 5.97 Å². The third kappa shape index (κ3) is 2.24. The number of carboxylic acids is 1. The molecule has 1 aliphatic rings. The lowest BCUT2D eigenvalue weighted by molar-refractivity contribution is -0.138. The maximum absolute atomic E-state index is 12.7. The molecule has 7 heteroatoms. The van der Waals surface area contributed by atoms with Crippen molar-refractivity contribution in [3.8, 4) is 11.5 Å². The second kappa shape index (κ2) is 5.00. The molecule has 1 aliphatic heterocycles. The number of sulfone groups is 1. The van der Waals surface area contributed by atoms with Gasteiger partial charge in [0, 0.05) is 5.02 Å². The number of hydrogen-bond acceptors (Lipinski definition) is 4. The molecule has 22 heavy (non-hydrogen) atoms. The van der Waals surface area contributed by atoms with Crippen molar-refractivity contribution in [2.75, 3.05) is 0 Å². The van der Waals surface area contributed by atoms with Gasteiger partial charge in [0.25, 0.3) is 0 Å². The molecule has 114 valence electrons. The Balaban J connectivity index is 2.20. The molecular weight excluding hydrogens is 328 g/mol. The topological polar surface area (TPSA) is 80.7 Å². The van der Waals surface area contributed by atoms with E-state index in [1.165, 1.54) is 31.2 Å². The molecule has 0 amide bonds. The van der Waals surface area contributed by atoms with Crippen LogP contribution in [0.1, 0.15) is 18.4 Å². The fraction of sp³-hybridized carbons (Fsp3) is 0.133. The number of carboxylic acid groups (broad SMARTS) is 1. The van der Waals surface area contributed by atoms with Crippen molar-refractivity contribution >= 4 is 27.4 Å². The molecule has 1 atom stereocenters. The van der Waals surface area contributed by atoms with E-state index in [4.69, 9.17) is 21.4 Å². The summed E-state index contributed by atoms with van der Waals surface area (Å²) in [6, 6.07) is 8.72. The Morgan fingerprint density at radius 1 is 1.14 bits per heavy atom. The molecule has 1 unspecified atom stereocenters. The number of rotatable bonds is 2. The SMILES string of the molecule is CC(C(=O)O)c1ccc2c(c1)S(=O)(=O)c1cc(Cl)ccc1O2. The van der Waals surface area contributed by atoms with Crippen LogP contribution in [0.4, 0.5) is 0 Å². The molecule has 1 N–H and O–H groups in total. The summed E-state index contributed by atoms with van der Waals surface area (Å²) in [5.74, 6) is -1.47. The highest BCUT2D eigenvalue weighted by molar-refractivity contribution is 7.91. The van der Waals surface area contributed by atoms with Gasteiger partial charge in [0.05, 0.1) is 5.92 Å². The van der Waals surface area contributed by atoms with Crippen LogP contribution in [0.25, 0.3) is 0 Å². The third-order valence-corrected chi connectivity index (χ3v) is 5.57. The molecule has 0 fully saturated rings. The van der Waals surface area contributed by atoms with E-state index in [1.807, 2.05) is 0 Å². The third-order valence-electron chi connectivity index (χ3n) is 3.54. The highest BCUT2D eigenvalue weighted by Crippen LogP contribution is 2.44. The number of ether oxygens (including phenoxy) is 1. The van der Waals surface area contributed by atoms with Crippen molar-refractivity contribution in [2.24, 2.45) is 0 Å². The summed E-state index contributed by atoms with van der Waals surface area (Å²) in [4.78, 5) is 11.0. The van der Waals surface area contributed by atoms with Crippen LogP contribution in [-0.2, 0) is 14.6 Å². The van der Waals surface area contributed by atoms with Crippen LogP contribution < -0.4 is 4.74 Å². The Kier molecular flexibility index (Phi) is 3.38. The first-order valence-corrected chi connectivity index (χ1v) is 8.26. The quantitative estimate of drug-likeness (QED) is 0.773. The maximum atomic E-state index is 12.7. The largest absolute Gasteiger partial charge is 0.481 e. The molecule has 1 heterocycles. The van der Waals surface area contributed by atoms with Gasteiger partial charge in [-0.15, -0.1) is 0 Å². The number of aliphatic carboxylic acids is 1. The molecule has 0 saturated carbocycles. The summed E-state index contributed by atoms with van der Waals surface area (Å²) >= 11 is 5.86. The molecule has 2 aromatic rings. The summed E-state index contributed by atoms with van der Waals surface area (Å²) in [6.45, 7) is 1.49. The Morgan fingerprint density at radius 2 is 1.73 bits per heavy atom. The zero-order chi connectivity index (χ0) is 16.1. The smallest absolute Gasteiger partial charge is 0.310 e. The van der Waals surface area contributed by atoms with Gasteiger partial charge in [-0.1, -0.05) is 17.7 Å². The fourth-order valence-corrected chi connectivity index (χ4v) is 4.04. The van der Waals surface area contributed by atoms with Crippen LogP contribution in [0.5, 0.6) is 11.5 Å². The Bertz CT molecular complexity index is 889. The molecule has 0 radical (unpaired) electrons. The number of benzene rings is 2. The molecular formula is C15H11ClO5S. The van der Waals surface area contributed by atoms with Gasteiger partial charge in [-0.3, -0.25) is 4.79 Å². The second-order valence-electron chi connectivity index (χ2n) is 4.96. The van der Waals surface area contributed by atoms with E-state index >= 15 is 0 Å². The Morgan fingerprint density at radius 3 is 2.36 bits per heavy atom. The number of halogens is 1. The number of carbonyl (C=O) groups is 1. The molecule has 0 saturated heterocycles. The lowest BCUT2D eigenvalue weighted by Gasteiger charge is -2.21. The average molecular weight is 339 g/mol. The molecule has 3 rings (SSSR count). The van der Waals surface area contributed by atoms with E-state index in [0.29, 0.717) is 5.56 Å². The van der Waals surface area contributed by atoms with E-state index in [2.05, 4.69) is 0 Å². The summed E-state index contributed by atoms with van der Waals surface area (Å²) in [6.07, 6.45) is 0. The molecule has 2 aromatic carbocycles. The van der Waals surface area contributed by atoms with Crippen molar-refractivity contribution in [3.05, 3.63) is 47.0 Å². The first kappa shape index (κ1) is 14.9. The van der Waals surface area contributed by atoms with Crippen LogP contribution in [-0.4, -0.2) is 19.5 Å². The average Bonchev–Trinajstić information content (AvgIpc) is 2.47. The van der Waals surface area contributed by atoms with Crippen LogP contribution in [0.3, 0.4) is 0 Å². The zero-order valence-electron chi connectivity index (χ0n) is 11.4. The van der Waals surface area contributed by atoms with Crippen LogP contribution in [0.2, 0.25) is 5.02 Å². The normalized spacial score (nSPS) is 16.1. The standard InChI is InChI=1S/C15H11ClO5S/c1-8(15(17)18)9-2-4-11-13(6-9)22(19,20)14-7-10(16)3-5-12(14)21-11/h2-8H,1H3,(H,17,18). The summed E-state index contributed by atoms with van der Waals surface area (Å²) in [5, 5.41) is 9.35. The summed E-state index contributed by atoms with van der Waals surface area (Å²) in [7, 11) is -3.81. The zero-order valence-corrected chi connectivity index (χ0v) is 13.0. The molecule has 0 bridgehead atoms. The van der Waals surface area contributed by atoms with Crippen molar-refractivity contribution in [1.82, 2.24) is 0 Å². The van der Waals surface area contributed by atoms with Gasteiger partial charge in [-0.25, -0.2) is 8.42 Å². The monoisotopic (exact) mass is 338 g/mol. The minimum atomic E-state index is -3.81. The van der Waals surface area contributed by atoms with Gasteiger partial charge in [0.1, 0.15) is 21.3 Å². The predicted octanol–water partition coefficient (Wildman–Crippen LogP) is 3.47. The van der Waals surface area contributed by atoms with Crippen molar-refractivity contribution in [3.63, 3.8) is 0 Å². The van der Waals surface area contributed by atoms with Crippen LogP contribution >= 0.6 is 11.6 Å². The van der Waals surface area contributed by atoms with E-state index < -0.39 is 21.7 Å². The van der Waals surface area contributed by atoms with E-state index in [9.17, 15) is 13.2 Å². The minimum absolute atomic E-state index is 0.0207. The predicted molar refractivity (Wildman–Crippen MR) is 79.5 cm³/mol. The van der Waals surface area contributed by atoms with Crippen molar-refractivity contribution in [2.45, 2.75) is 22.6 Å². The van der Waals surface area contributed by atoms with Gasteiger partial charge in [-0.2, -0.15) is 0 Å². The molecule has 5 nitrogen and oxygen atoms in total. The van der Waals surface area contributed by atoms with E-state index in [-0.39, 0.29) is 26.3 Å². The number of fused-ring (bicyclic) bond motifs is 2. The number of hydrogen-bond donors (Lipinski definition) is 1. The summed E-state index contributed by atoms with van der Waals surface area (Å²) < 4.78 is 31.0.